The summed E-state index contributed by atoms with van der Waals surface area (Å²) in [6.07, 6.45) is 7.42. The zero-order valence-electron chi connectivity index (χ0n) is 11.5. The Morgan fingerprint density at radius 3 is 2.82 bits per heavy atom. The molecule has 1 N–H and O–H groups in total. The highest BCUT2D eigenvalue weighted by atomic mass is 15.2. The van der Waals surface area contributed by atoms with Crippen molar-refractivity contribution in [2.45, 2.75) is 51.5 Å². The highest BCUT2D eigenvalue weighted by Gasteiger charge is 2.40. The van der Waals surface area contributed by atoms with Gasteiger partial charge < -0.3 is 5.32 Å². The summed E-state index contributed by atoms with van der Waals surface area (Å²) in [5.41, 5.74) is 0.371. The van der Waals surface area contributed by atoms with Gasteiger partial charge in [-0.15, -0.1) is 0 Å². The molecule has 3 rings (SSSR count). The number of nitrogens with one attached hydrogen (secondary N) is 1. The summed E-state index contributed by atoms with van der Waals surface area (Å²) in [7, 11) is 0. The molecule has 17 heavy (non-hydrogen) atoms. The highest BCUT2D eigenvalue weighted by molar-refractivity contribution is 4.94. The molecule has 1 aliphatic heterocycles. The Hall–Kier alpha value is -0.0800. The first-order valence-electron chi connectivity index (χ1n) is 7.66. The predicted molar refractivity (Wildman–Crippen MR) is 72.1 cm³/mol. The lowest BCUT2D eigenvalue weighted by Gasteiger charge is -2.42. The molecule has 0 aromatic carbocycles. The molecule has 1 heterocycles. The number of rotatable bonds is 3. The lowest BCUT2D eigenvalue weighted by molar-refractivity contribution is 0.108. The molecule has 3 fully saturated rings. The smallest absolute Gasteiger partial charge is 0.0278 e. The monoisotopic (exact) mass is 236 g/mol. The lowest BCUT2D eigenvalue weighted by atomic mass is 9.87. The van der Waals surface area contributed by atoms with Crippen LogP contribution >= 0.6 is 0 Å². The predicted octanol–water partition coefficient (Wildman–Crippen LogP) is 2.50. The first kappa shape index (κ1) is 12.0. The van der Waals surface area contributed by atoms with E-state index in [4.69, 9.17) is 0 Å². The van der Waals surface area contributed by atoms with Crippen LogP contribution in [-0.2, 0) is 0 Å². The molecule has 1 saturated heterocycles. The van der Waals surface area contributed by atoms with Gasteiger partial charge >= 0.3 is 0 Å². The third-order valence-corrected chi connectivity index (χ3v) is 5.71. The first-order valence-corrected chi connectivity index (χ1v) is 7.66. The van der Waals surface area contributed by atoms with E-state index in [9.17, 15) is 0 Å². The molecule has 2 saturated carbocycles. The molecule has 98 valence electrons. The molecular formula is C15H28N2. The molecule has 3 aliphatic rings. The van der Waals surface area contributed by atoms with Gasteiger partial charge in [-0.25, -0.2) is 0 Å². The largest absolute Gasteiger partial charge is 0.309 e. The number of nitrogens with zero attached hydrogens (tertiary/aromatic N) is 1. The van der Waals surface area contributed by atoms with Crippen LogP contribution in [0.4, 0.5) is 0 Å². The summed E-state index contributed by atoms with van der Waals surface area (Å²) < 4.78 is 0. The van der Waals surface area contributed by atoms with E-state index in [1.54, 1.807) is 6.42 Å². The van der Waals surface area contributed by atoms with E-state index in [0.29, 0.717) is 5.54 Å². The van der Waals surface area contributed by atoms with Crippen LogP contribution in [0, 0.1) is 17.8 Å². The number of hydrogen-bond acceptors (Lipinski definition) is 2. The van der Waals surface area contributed by atoms with Crippen LogP contribution in [0.3, 0.4) is 0 Å². The third-order valence-electron chi connectivity index (χ3n) is 5.71. The SMILES string of the molecule is CCC1(C)CN(CC2CC3CCC2C3)CCN1. The van der Waals surface area contributed by atoms with Crippen LogP contribution in [0.15, 0.2) is 0 Å². The quantitative estimate of drug-likeness (QED) is 0.810. The highest BCUT2D eigenvalue weighted by Crippen LogP contribution is 2.48. The normalized spacial score (nSPS) is 46.6. The molecule has 0 aromatic heterocycles. The fraction of sp³-hybridized carbons (Fsp3) is 1.00. The second-order valence-electron chi connectivity index (χ2n) is 7.01. The molecule has 0 aromatic rings. The van der Waals surface area contributed by atoms with Crippen molar-refractivity contribution < 1.29 is 0 Å². The summed E-state index contributed by atoms with van der Waals surface area (Å²) in [6, 6.07) is 0. The Balaban J connectivity index is 1.55. The van der Waals surface area contributed by atoms with Crippen molar-refractivity contribution in [1.29, 1.82) is 0 Å². The van der Waals surface area contributed by atoms with Crippen LogP contribution in [0.2, 0.25) is 0 Å². The number of hydrogen-bond donors (Lipinski definition) is 1. The minimum atomic E-state index is 0.371. The summed E-state index contributed by atoms with van der Waals surface area (Å²) >= 11 is 0. The second-order valence-corrected chi connectivity index (χ2v) is 7.01. The summed E-state index contributed by atoms with van der Waals surface area (Å²) in [6.45, 7) is 9.80. The van der Waals surface area contributed by atoms with E-state index in [1.807, 2.05) is 0 Å². The van der Waals surface area contributed by atoms with Gasteiger partial charge in [-0.05, 0) is 50.4 Å². The fourth-order valence-corrected chi connectivity index (χ4v) is 4.47. The third kappa shape index (κ3) is 2.39. The molecule has 2 nitrogen and oxygen atoms in total. The minimum absolute atomic E-state index is 0.371. The van der Waals surface area contributed by atoms with Crippen LogP contribution in [-0.4, -0.2) is 36.6 Å². The van der Waals surface area contributed by atoms with Crippen molar-refractivity contribution in [2.75, 3.05) is 26.2 Å². The zero-order valence-corrected chi connectivity index (χ0v) is 11.5. The molecule has 4 unspecified atom stereocenters. The number of piperazine rings is 1. The van der Waals surface area contributed by atoms with Gasteiger partial charge in [0.1, 0.15) is 0 Å². The fourth-order valence-electron chi connectivity index (χ4n) is 4.47. The lowest BCUT2D eigenvalue weighted by Crippen LogP contribution is -2.59. The van der Waals surface area contributed by atoms with E-state index in [1.165, 1.54) is 51.9 Å². The molecule has 2 aliphatic carbocycles. The summed E-state index contributed by atoms with van der Waals surface area (Å²) in [4.78, 5) is 2.74. The number of fused-ring (bicyclic) bond motifs is 2. The summed E-state index contributed by atoms with van der Waals surface area (Å²) in [5, 5.41) is 3.69. The van der Waals surface area contributed by atoms with Gasteiger partial charge in [-0.2, -0.15) is 0 Å². The standard InChI is InChI=1S/C15H28N2/c1-3-15(2)11-17(7-6-16-15)10-14-9-12-4-5-13(14)8-12/h12-14,16H,3-11H2,1-2H3. The van der Waals surface area contributed by atoms with Gasteiger partial charge in [0.05, 0.1) is 0 Å². The van der Waals surface area contributed by atoms with Crippen molar-refractivity contribution in [3.8, 4) is 0 Å². The van der Waals surface area contributed by atoms with E-state index >= 15 is 0 Å². The Morgan fingerprint density at radius 1 is 1.29 bits per heavy atom. The Morgan fingerprint density at radius 2 is 2.18 bits per heavy atom. The first-order chi connectivity index (χ1) is 8.18. The topological polar surface area (TPSA) is 15.3 Å². The molecule has 0 radical (unpaired) electrons. The Labute approximate surface area is 106 Å². The molecule has 0 spiro atoms. The van der Waals surface area contributed by atoms with E-state index in [0.717, 1.165) is 17.8 Å². The maximum absolute atomic E-state index is 3.69. The van der Waals surface area contributed by atoms with Gasteiger partial charge in [0.15, 0.2) is 0 Å². The molecule has 4 atom stereocenters. The molecule has 2 heteroatoms. The van der Waals surface area contributed by atoms with Gasteiger partial charge in [-0.3, -0.25) is 4.90 Å². The maximum Gasteiger partial charge on any atom is 0.0278 e. The average molecular weight is 236 g/mol. The van der Waals surface area contributed by atoms with Crippen molar-refractivity contribution in [2.24, 2.45) is 17.8 Å². The molecular weight excluding hydrogens is 208 g/mol. The Kier molecular flexibility index (Phi) is 3.20. The van der Waals surface area contributed by atoms with Gasteiger partial charge in [-0.1, -0.05) is 13.3 Å². The second kappa shape index (κ2) is 4.55. The van der Waals surface area contributed by atoms with E-state index in [2.05, 4.69) is 24.1 Å². The van der Waals surface area contributed by atoms with Crippen molar-refractivity contribution in [1.82, 2.24) is 10.2 Å². The zero-order chi connectivity index (χ0) is 11.9. The Bertz CT molecular complexity index is 278. The summed E-state index contributed by atoms with van der Waals surface area (Å²) in [5.74, 6) is 3.22. The van der Waals surface area contributed by atoms with Crippen LogP contribution in [0.25, 0.3) is 0 Å². The van der Waals surface area contributed by atoms with Crippen LogP contribution in [0.5, 0.6) is 0 Å². The average Bonchev–Trinajstić information content (AvgIpc) is 2.91. The van der Waals surface area contributed by atoms with E-state index < -0.39 is 0 Å². The van der Waals surface area contributed by atoms with Gasteiger partial charge in [0, 0.05) is 31.7 Å². The van der Waals surface area contributed by atoms with Gasteiger partial charge in [0.2, 0.25) is 0 Å². The maximum atomic E-state index is 3.69. The van der Waals surface area contributed by atoms with Crippen molar-refractivity contribution >= 4 is 0 Å². The van der Waals surface area contributed by atoms with Crippen molar-refractivity contribution in [3.63, 3.8) is 0 Å². The molecule has 2 bridgehead atoms. The van der Waals surface area contributed by atoms with Crippen molar-refractivity contribution in [3.05, 3.63) is 0 Å². The minimum Gasteiger partial charge on any atom is -0.309 e. The van der Waals surface area contributed by atoms with Crippen LogP contribution in [0.1, 0.15) is 46.0 Å². The van der Waals surface area contributed by atoms with Gasteiger partial charge in [0.25, 0.3) is 0 Å². The van der Waals surface area contributed by atoms with Crippen LogP contribution < -0.4 is 5.32 Å². The molecule has 0 amide bonds. The van der Waals surface area contributed by atoms with E-state index in [-0.39, 0.29) is 0 Å².